The molecule has 0 aliphatic heterocycles. The van der Waals surface area contributed by atoms with Crippen molar-refractivity contribution < 1.29 is 23.9 Å². The van der Waals surface area contributed by atoms with E-state index in [1.807, 2.05) is 0 Å². The van der Waals surface area contributed by atoms with Crippen molar-refractivity contribution in [2.24, 2.45) is 5.73 Å². The molecule has 2 amide bonds. The molecule has 182 valence electrons. The number of carbonyl (C=O) groups excluding carboxylic acids is 3. The van der Waals surface area contributed by atoms with Crippen LogP contribution < -0.4 is 21.3 Å². The van der Waals surface area contributed by atoms with Crippen molar-refractivity contribution in [2.45, 2.75) is 12.6 Å². The van der Waals surface area contributed by atoms with Gasteiger partial charge in [-0.25, -0.2) is 4.68 Å². The molecular formula is C26H22N4O6. The van der Waals surface area contributed by atoms with E-state index in [0.29, 0.717) is 17.0 Å². The van der Waals surface area contributed by atoms with E-state index < -0.39 is 36.0 Å². The minimum Gasteiger partial charge on any atom is -0.497 e. The van der Waals surface area contributed by atoms with Crippen molar-refractivity contribution >= 4 is 34.2 Å². The Morgan fingerprint density at radius 3 is 2.36 bits per heavy atom. The summed E-state index contributed by atoms with van der Waals surface area (Å²) in [6.07, 6.45) is -1.32. The van der Waals surface area contributed by atoms with Crippen molar-refractivity contribution in [3.63, 3.8) is 0 Å². The van der Waals surface area contributed by atoms with E-state index in [-0.39, 0.29) is 16.5 Å². The number of methoxy groups -OCH3 is 1. The highest BCUT2D eigenvalue weighted by Gasteiger charge is 2.26. The Bertz CT molecular complexity index is 1500. The van der Waals surface area contributed by atoms with Crippen LogP contribution in [0.15, 0.2) is 83.7 Å². The lowest BCUT2D eigenvalue weighted by Gasteiger charge is -2.18. The second-order valence-corrected chi connectivity index (χ2v) is 7.72. The average molecular weight is 486 g/mol. The zero-order valence-corrected chi connectivity index (χ0v) is 19.2. The van der Waals surface area contributed by atoms with E-state index in [0.717, 1.165) is 4.68 Å². The number of nitrogens with two attached hydrogens (primary N) is 1. The van der Waals surface area contributed by atoms with Gasteiger partial charge in [0.05, 0.1) is 12.5 Å². The van der Waals surface area contributed by atoms with Crippen LogP contribution in [0.1, 0.15) is 22.2 Å². The number of primary amides is 1. The van der Waals surface area contributed by atoms with Gasteiger partial charge < -0.3 is 20.5 Å². The second-order valence-electron chi connectivity index (χ2n) is 7.72. The third-order valence-corrected chi connectivity index (χ3v) is 5.31. The number of carbonyl (C=O) groups is 3. The molecule has 10 nitrogen and oxygen atoms in total. The number of fused-ring (bicyclic) bond motifs is 1. The minimum absolute atomic E-state index is 0.159. The van der Waals surface area contributed by atoms with Crippen LogP contribution in [0, 0.1) is 0 Å². The van der Waals surface area contributed by atoms with Gasteiger partial charge in [0, 0.05) is 22.7 Å². The largest absolute Gasteiger partial charge is 0.497 e. The van der Waals surface area contributed by atoms with Gasteiger partial charge in [0.25, 0.3) is 17.4 Å². The fourth-order valence-corrected chi connectivity index (χ4v) is 3.62. The van der Waals surface area contributed by atoms with E-state index in [4.69, 9.17) is 15.2 Å². The highest BCUT2D eigenvalue weighted by molar-refractivity contribution is 6.04. The Morgan fingerprint density at radius 2 is 1.67 bits per heavy atom. The zero-order chi connectivity index (χ0) is 25.7. The normalized spacial score (nSPS) is 11.5. The number of benzene rings is 3. The molecule has 1 aromatic heterocycles. The Kier molecular flexibility index (Phi) is 7.05. The average Bonchev–Trinajstić information content (AvgIpc) is 2.89. The van der Waals surface area contributed by atoms with Crippen molar-refractivity contribution in [2.75, 3.05) is 12.4 Å². The number of anilines is 1. The van der Waals surface area contributed by atoms with Gasteiger partial charge in [0.1, 0.15) is 12.3 Å². The van der Waals surface area contributed by atoms with Gasteiger partial charge in [-0.2, -0.15) is 5.10 Å². The van der Waals surface area contributed by atoms with Gasteiger partial charge in [0.15, 0.2) is 5.69 Å². The van der Waals surface area contributed by atoms with Crippen molar-refractivity contribution in [1.82, 2.24) is 9.78 Å². The van der Waals surface area contributed by atoms with Gasteiger partial charge >= 0.3 is 5.97 Å². The summed E-state index contributed by atoms with van der Waals surface area (Å²) in [5, 5.41) is 7.12. The Balaban J connectivity index is 1.61. The molecule has 1 heterocycles. The van der Waals surface area contributed by atoms with E-state index in [2.05, 4.69) is 10.4 Å². The molecule has 4 aromatic rings. The number of ether oxygens (including phenoxy) is 2. The summed E-state index contributed by atoms with van der Waals surface area (Å²) in [7, 11) is 1.50. The molecule has 1 atom stereocenters. The van der Waals surface area contributed by atoms with Gasteiger partial charge in [-0.05, 0) is 18.2 Å². The molecule has 3 aromatic carbocycles. The van der Waals surface area contributed by atoms with E-state index >= 15 is 0 Å². The molecule has 36 heavy (non-hydrogen) atoms. The minimum atomic E-state index is -1.32. The van der Waals surface area contributed by atoms with Crippen LogP contribution in [-0.2, 0) is 20.9 Å². The lowest BCUT2D eigenvalue weighted by Crippen LogP contribution is -2.33. The molecule has 0 aliphatic carbocycles. The predicted octanol–water partition coefficient (Wildman–Crippen LogP) is 2.43. The fraction of sp³-hybridized carbons (Fsp3) is 0.115. The summed E-state index contributed by atoms with van der Waals surface area (Å²) in [5.41, 5.74) is 5.52. The van der Waals surface area contributed by atoms with E-state index in [9.17, 15) is 19.2 Å². The quantitative estimate of drug-likeness (QED) is 0.364. The molecule has 0 fully saturated rings. The molecule has 0 spiro atoms. The first-order chi connectivity index (χ1) is 17.4. The molecule has 0 radical (unpaired) electrons. The van der Waals surface area contributed by atoms with Gasteiger partial charge in [-0.15, -0.1) is 0 Å². The van der Waals surface area contributed by atoms with Crippen molar-refractivity contribution in [1.29, 1.82) is 0 Å². The zero-order valence-electron chi connectivity index (χ0n) is 19.2. The molecule has 0 saturated carbocycles. The molecule has 3 N–H and O–H groups in total. The van der Waals surface area contributed by atoms with Gasteiger partial charge in [-0.1, -0.05) is 54.6 Å². The standard InChI is InChI=1S/C26H22N4O6/c1-35-18-11-7-10-17(14-18)28-25(33)23(16-8-3-2-4-9-16)36-21(31)15-30-26(34)20-13-6-5-12-19(20)22(29-30)24(27)32/h2-14,23H,15H2,1H3,(H2,27,32)(H,28,33). The van der Waals surface area contributed by atoms with Crippen molar-refractivity contribution in [3.8, 4) is 5.75 Å². The maximum Gasteiger partial charge on any atom is 0.329 e. The summed E-state index contributed by atoms with van der Waals surface area (Å²) in [4.78, 5) is 50.8. The number of aromatic nitrogens is 2. The molecule has 1 unspecified atom stereocenters. The lowest BCUT2D eigenvalue weighted by molar-refractivity contribution is -0.155. The number of esters is 1. The number of hydrogen-bond acceptors (Lipinski definition) is 7. The third-order valence-electron chi connectivity index (χ3n) is 5.31. The van der Waals surface area contributed by atoms with Crippen LogP contribution in [0.3, 0.4) is 0 Å². The fourth-order valence-electron chi connectivity index (χ4n) is 3.62. The van der Waals surface area contributed by atoms with E-state index in [1.54, 1.807) is 72.8 Å². The van der Waals surface area contributed by atoms with Crippen molar-refractivity contribution in [3.05, 3.63) is 100 Å². The van der Waals surface area contributed by atoms with Crippen LogP contribution >= 0.6 is 0 Å². The maximum atomic E-state index is 13.1. The number of rotatable bonds is 8. The molecule has 10 heteroatoms. The van der Waals surface area contributed by atoms with Gasteiger partial charge in [0.2, 0.25) is 6.10 Å². The highest BCUT2D eigenvalue weighted by Crippen LogP contribution is 2.23. The maximum absolute atomic E-state index is 13.1. The number of nitrogens with zero attached hydrogens (tertiary/aromatic N) is 2. The number of hydrogen-bond donors (Lipinski definition) is 2. The summed E-state index contributed by atoms with van der Waals surface area (Å²) < 4.78 is 11.5. The summed E-state index contributed by atoms with van der Waals surface area (Å²) in [6, 6.07) is 21.4. The van der Waals surface area contributed by atoms with Crippen LogP contribution in [0.2, 0.25) is 0 Å². The number of nitrogens with one attached hydrogen (secondary N) is 1. The summed E-state index contributed by atoms with van der Waals surface area (Å²) >= 11 is 0. The monoisotopic (exact) mass is 486 g/mol. The van der Waals surface area contributed by atoms with Crippen LogP contribution in [-0.4, -0.2) is 34.7 Å². The smallest absolute Gasteiger partial charge is 0.329 e. The van der Waals surface area contributed by atoms with Crippen LogP contribution in [0.5, 0.6) is 5.75 Å². The molecule has 0 bridgehead atoms. The Hall–Kier alpha value is -4.99. The Morgan fingerprint density at radius 1 is 0.972 bits per heavy atom. The molecule has 0 saturated heterocycles. The highest BCUT2D eigenvalue weighted by atomic mass is 16.5. The predicted molar refractivity (Wildman–Crippen MR) is 131 cm³/mol. The number of amides is 2. The van der Waals surface area contributed by atoms with E-state index in [1.165, 1.54) is 13.2 Å². The topological polar surface area (TPSA) is 143 Å². The first-order valence-electron chi connectivity index (χ1n) is 10.9. The van der Waals surface area contributed by atoms with Gasteiger partial charge in [-0.3, -0.25) is 19.2 Å². The van der Waals surface area contributed by atoms with Crippen LogP contribution in [0.25, 0.3) is 10.8 Å². The first-order valence-corrected chi connectivity index (χ1v) is 10.9. The molecule has 4 rings (SSSR count). The molecular weight excluding hydrogens is 464 g/mol. The Labute approximate surface area is 205 Å². The third kappa shape index (κ3) is 5.22. The summed E-state index contributed by atoms with van der Waals surface area (Å²) in [5.74, 6) is -1.84. The summed E-state index contributed by atoms with van der Waals surface area (Å²) in [6.45, 7) is -0.639. The lowest BCUT2D eigenvalue weighted by atomic mass is 10.1. The SMILES string of the molecule is COc1cccc(NC(=O)C(OC(=O)Cn2nc(C(N)=O)c3ccccc3c2=O)c2ccccc2)c1. The van der Waals surface area contributed by atoms with Crippen LogP contribution in [0.4, 0.5) is 5.69 Å². The first kappa shape index (κ1) is 24.1. The molecule has 0 aliphatic rings. The second kappa shape index (κ2) is 10.5.